The zero-order valence-electron chi connectivity index (χ0n) is 11.0. The molecule has 0 atom stereocenters. The van der Waals surface area contributed by atoms with Crippen molar-refractivity contribution in [2.45, 2.75) is 12.8 Å². The predicted octanol–water partition coefficient (Wildman–Crippen LogP) is 2.62. The average molecular weight is 268 g/mol. The summed E-state index contributed by atoms with van der Waals surface area (Å²) in [6, 6.07) is 18.7. The molecule has 0 saturated carbocycles. The maximum Gasteiger partial charge on any atom is 0.232 e. The molecule has 0 fully saturated rings. The van der Waals surface area contributed by atoms with Crippen LogP contribution < -0.4 is 10.6 Å². The van der Waals surface area contributed by atoms with Gasteiger partial charge in [0.15, 0.2) is 0 Å². The third-order valence-corrected chi connectivity index (χ3v) is 2.86. The van der Waals surface area contributed by atoms with Crippen LogP contribution >= 0.6 is 0 Å². The molecule has 0 aliphatic rings. The Labute approximate surface area is 117 Å². The molecule has 2 rings (SSSR count). The summed E-state index contributed by atoms with van der Waals surface area (Å²) in [5.74, 6) is -0.624. The minimum atomic E-state index is -0.473. The lowest BCUT2D eigenvalue weighted by Gasteiger charge is -2.22. The highest BCUT2D eigenvalue weighted by Crippen LogP contribution is 2.25. The molecule has 2 aromatic rings. The van der Waals surface area contributed by atoms with Gasteiger partial charge in [0.05, 0.1) is 0 Å². The zero-order chi connectivity index (χ0) is 14.4. The van der Waals surface area contributed by atoms with Gasteiger partial charge in [-0.3, -0.25) is 14.5 Å². The fourth-order valence-electron chi connectivity index (χ4n) is 1.93. The van der Waals surface area contributed by atoms with E-state index < -0.39 is 5.91 Å². The first kappa shape index (κ1) is 13.8. The molecule has 0 aliphatic carbocycles. The van der Waals surface area contributed by atoms with E-state index in [2.05, 4.69) is 0 Å². The predicted molar refractivity (Wildman–Crippen MR) is 78.5 cm³/mol. The molecular formula is C16H16N2O2. The summed E-state index contributed by atoms with van der Waals surface area (Å²) >= 11 is 0. The van der Waals surface area contributed by atoms with Gasteiger partial charge in [0, 0.05) is 24.2 Å². The van der Waals surface area contributed by atoms with Crippen molar-refractivity contribution in [3.63, 3.8) is 0 Å². The second kappa shape index (κ2) is 6.52. The zero-order valence-corrected chi connectivity index (χ0v) is 11.0. The number of benzene rings is 2. The van der Waals surface area contributed by atoms with Gasteiger partial charge in [-0.05, 0) is 24.3 Å². The van der Waals surface area contributed by atoms with Crippen molar-refractivity contribution in [2.75, 3.05) is 4.90 Å². The second-order valence-corrected chi connectivity index (χ2v) is 4.37. The minimum Gasteiger partial charge on any atom is -0.370 e. The van der Waals surface area contributed by atoms with Gasteiger partial charge >= 0.3 is 0 Å². The lowest BCUT2D eigenvalue weighted by atomic mass is 10.2. The van der Waals surface area contributed by atoms with E-state index in [4.69, 9.17) is 5.73 Å². The summed E-state index contributed by atoms with van der Waals surface area (Å²) in [7, 11) is 0. The van der Waals surface area contributed by atoms with Crippen LogP contribution in [-0.2, 0) is 9.59 Å². The quantitative estimate of drug-likeness (QED) is 0.906. The minimum absolute atomic E-state index is 0.0506. The van der Waals surface area contributed by atoms with Crippen molar-refractivity contribution in [1.29, 1.82) is 0 Å². The van der Waals surface area contributed by atoms with E-state index in [-0.39, 0.29) is 18.7 Å². The molecule has 0 aliphatic heterocycles. The van der Waals surface area contributed by atoms with Crippen molar-refractivity contribution >= 4 is 23.2 Å². The number of nitrogens with zero attached hydrogens (tertiary/aromatic N) is 1. The van der Waals surface area contributed by atoms with Crippen LogP contribution in [-0.4, -0.2) is 11.8 Å². The average Bonchev–Trinajstić information content (AvgIpc) is 2.48. The molecule has 0 aromatic heterocycles. The Morgan fingerprint density at radius 3 is 1.65 bits per heavy atom. The maximum atomic E-state index is 12.4. The van der Waals surface area contributed by atoms with E-state index in [1.165, 1.54) is 0 Å². The topological polar surface area (TPSA) is 63.4 Å². The van der Waals surface area contributed by atoms with Crippen LogP contribution in [0.1, 0.15) is 12.8 Å². The van der Waals surface area contributed by atoms with Crippen LogP contribution in [0.15, 0.2) is 60.7 Å². The molecule has 4 nitrogen and oxygen atoms in total. The second-order valence-electron chi connectivity index (χ2n) is 4.37. The number of hydrogen-bond acceptors (Lipinski definition) is 2. The van der Waals surface area contributed by atoms with Crippen LogP contribution in [0.3, 0.4) is 0 Å². The molecule has 2 aromatic carbocycles. The molecule has 0 saturated heterocycles. The lowest BCUT2D eigenvalue weighted by molar-refractivity contribution is -0.123. The number of anilines is 2. The van der Waals surface area contributed by atoms with Gasteiger partial charge in [-0.15, -0.1) is 0 Å². The Morgan fingerprint density at radius 2 is 1.25 bits per heavy atom. The summed E-state index contributed by atoms with van der Waals surface area (Å²) in [5, 5.41) is 0. The van der Waals surface area contributed by atoms with Gasteiger partial charge in [0.2, 0.25) is 11.8 Å². The number of nitrogens with two attached hydrogens (primary N) is 1. The van der Waals surface area contributed by atoms with E-state index in [0.29, 0.717) is 0 Å². The summed E-state index contributed by atoms with van der Waals surface area (Å²) < 4.78 is 0. The van der Waals surface area contributed by atoms with Gasteiger partial charge in [0.25, 0.3) is 0 Å². The highest BCUT2D eigenvalue weighted by atomic mass is 16.2. The van der Waals surface area contributed by atoms with Gasteiger partial charge < -0.3 is 5.73 Å². The Bertz CT molecular complexity index is 542. The normalized spacial score (nSPS) is 10.0. The lowest BCUT2D eigenvalue weighted by Crippen LogP contribution is -2.27. The molecule has 2 N–H and O–H groups in total. The molecule has 0 bridgehead atoms. The molecule has 20 heavy (non-hydrogen) atoms. The fraction of sp³-hybridized carbons (Fsp3) is 0.125. The van der Waals surface area contributed by atoms with E-state index in [1.807, 2.05) is 60.7 Å². The molecule has 0 unspecified atom stereocenters. The standard InChI is InChI=1S/C16H16N2O2/c17-15(19)11-12-16(20)18(13-7-3-1-4-8-13)14-9-5-2-6-10-14/h1-10H,11-12H2,(H2,17,19). The monoisotopic (exact) mass is 268 g/mol. The third-order valence-electron chi connectivity index (χ3n) is 2.86. The van der Waals surface area contributed by atoms with Crippen LogP contribution in [0.5, 0.6) is 0 Å². The van der Waals surface area contributed by atoms with Crippen molar-refractivity contribution in [3.8, 4) is 0 Å². The van der Waals surface area contributed by atoms with Crippen LogP contribution in [0.2, 0.25) is 0 Å². The summed E-state index contributed by atoms with van der Waals surface area (Å²) in [5.41, 5.74) is 6.65. The maximum absolute atomic E-state index is 12.4. The number of carbonyl (C=O) groups is 2. The molecular weight excluding hydrogens is 252 g/mol. The summed E-state index contributed by atoms with van der Waals surface area (Å²) in [6.07, 6.45) is 0.147. The van der Waals surface area contributed by atoms with E-state index >= 15 is 0 Å². The largest absolute Gasteiger partial charge is 0.370 e. The molecule has 0 spiro atoms. The van der Waals surface area contributed by atoms with Crippen molar-refractivity contribution in [2.24, 2.45) is 5.73 Å². The SMILES string of the molecule is NC(=O)CCC(=O)N(c1ccccc1)c1ccccc1. The van der Waals surface area contributed by atoms with Crippen LogP contribution in [0.4, 0.5) is 11.4 Å². The number of rotatable bonds is 5. The van der Waals surface area contributed by atoms with E-state index in [1.54, 1.807) is 4.90 Å². The van der Waals surface area contributed by atoms with Gasteiger partial charge in [-0.1, -0.05) is 36.4 Å². The van der Waals surface area contributed by atoms with Crippen molar-refractivity contribution in [1.82, 2.24) is 0 Å². The molecule has 2 amide bonds. The third kappa shape index (κ3) is 3.45. The first-order valence-electron chi connectivity index (χ1n) is 6.40. The van der Waals surface area contributed by atoms with Crippen LogP contribution in [0.25, 0.3) is 0 Å². The van der Waals surface area contributed by atoms with Crippen LogP contribution in [0, 0.1) is 0 Å². The van der Waals surface area contributed by atoms with E-state index in [0.717, 1.165) is 11.4 Å². The smallest absolute Gasteiger partial charge is 0.232 e. The Kier molecular flexibility index (Phi) is 4.50. The number of amides is 2. The summed E-state index contributed by atoms with van der Waals surface area (Å²) in [6.45, 7) is 0. The van der Waals surface area contributed by atoms with Gasteiger partial charge in [0.1, 0.15) is 0 Å². The Hall–Kier alpha value is -2.62. The molecule has 0 radical (unpaired) electrons. The molecule has 102 valence electrons. The number of hydrogen-bond donors (Lipinski definition) is 1. The Balaban J connectivity index is 2.30. The van der Waals surface area contributed by atoms with Crippen molar-refractivity contribution < 1.29 is 9.59 Å². The number of para-hydroxylation sites is 2. The fourth-order valence-corrected chi connectivity index (χ4v) is 1.93. The highest BCUT2D eigenvalue weighted by Gasteiger charge is 2.17. The first-order chi connectivity index (χ1) is 9.68. The first-order valence-corrected chi connectivity index (χ1v) is 6.40. The van der Waals surface area contributed by atoms with E-state index in [9.17, 15) is 9.59 Å². The van der Waals surface area contributed by atoms with Gasteiger partial charge in [-0.25, -0.2) is 0 Å². The van der Waals surface area contributed by atoms with Crippen molar-refractivity contribution in [3.05, 3.63) is 60.7 Å². The summed E-state index contributed by atoms with van der Waals surface area (Å²) in [4.78, 5) is 24.8. The number of primary amides is 1. The number of carbonyl (C=O) groups excluding carboxylic acids is 2. The molecule has 0 heterocycles. The van der Waals surface area contributed by atoms with Gasteiger partial charge in [-0.2, -0.15) is 0 Å². The molecule has 4 heteroatoms. The highest BCUT2D eigenvalue weighted by molar-refractivity contribution is 6.01. The Morgan fingerprint density at radius 1 is 0.800 bits per heavy atom.